The number of rotatable bonds is 7. The fraction of sp³-hybridized carbons (Fsp3) is 0.833. The van der Waals surface area contributed by atoms with Gasteiger partial charge in [0.1, 0.15) is 0 Å². The SMILES string of the molecule is CC[Si](CC)(CC)OC(C)(C)/C=C/CBr. The van der Waals surface area contributed by atoms with Crippen LogP contribution in [0, 0.1) is 0 Å². The normalized spacial score (nSPS) is 13.7. The maximum atomic E-state index is 6.41. The first-order valence-electron chi connectivity index (χ1n) is 5.89. The van der Waals surface area contributed by atoms with Crippen molar-refractivity contribution in [2.24, 2.45) is 0 Å². The topological polar surface area (TPSA) is 9.23 Å². The molecule has 0 rings (SSSR count). The van der Waals surface area contributed by atoms with Crippen LogP contribution in [-0.2, 0) is 4.43 Å². The van der Waals surface area contributed by atoms with E-state index in [9.17, 15) is 0 Å². The van der Waals surface area contributed by atoms with Crippen molar-refractivity contribution in [3.63, 3.8) is 0 Å². The molecule has 0 bridgehead atoms. The zero-order valence-electron chi connectivity index (χ0n) is 10.8. The zero-order valence-corrected chi connectivity index (χ0v) is 13.4. The molecule has 0 aliphatic rings. The summed E-state index contributed by atoms with van der Waals surface area (Å²) >= 11 is 3.40. The Kier molecular flexibility index (Phi) is 7.05. The predicted molar refractivity (Wildman–Crippen MR) is 75.3 cm³/mol. The van der Waals surface area contributed by atoms with E-state index in [-0.39, 0.29) is 5.60 Å². The van der Waals surface area contributed by atoms with Gasteiger partial charge in [0.15, 0.2) is 8.32 Å². The lowest BCUT2D eigenvalue weighted by Crippen LogP contribution is -2.43. The van der Waals surface area contributed by atoms with Crippen LogP contribution in [0.25, 0.3) is 0 Å². The van der Waals surface area contributed by atoms with Gasteiger partial charge in [-0.3, -0.25) is 0 Å². The van der Waals surface area contributed by atoms with Gasteiger partial charge in [-0.2, -0.15) is 0 Å². The highest BCUT2D eigenvalue weighted by Crippen LogP contribution is 2.28. The van der Waals surface area contributed by atoms with E-state index in [0.29, 0.717) is 0 Å². The minimum absolute atomic E-state index is 0.109. The quantitative estimate of drug-likeness (QED) is 0.374. The van der Waals surface area contributed by atoms with Crippen LogP contribution >= 0.6 is 15.9 Å². The standard InChI is InChI=1S/C12H25BrOSi/c1-6-15(7-2,8-3)14-12(4,5)10-9-11-13/h9-10H,6-8,11H2,1-5H3/b10-9+. The van der Waals surface area contributed by atoms with Crippen LogP contribution in [-0.4, -0.2) is 19.2 Å². The highest BCUT2D eigenvalue weighted by atomic mass is 79.9. The van der Waals surface area contributed by atoms with E-state index < -0.39 is 8.32 Å². The summed E-state index contributed by atoms with van der Waals surface area (Å²) in [7, 11) is -1.47. The summed E-state index contributed by atoms with van der Waals surface area (Å²) in [4.78, 5) is 0. The van der Waals surface area contributed by atoms with Crippen molar-refractivity contribution < 1.29 is 4.43 Å². The largest absolute Gasteiger partial charge is 0.409 e. The van der Waals surface area contributed by atoms with Crippen molar-refractivity contribution >= 4 is 24.2 Å². The average molecular weight is 293 g/mol. The van der Waals surface area contributed by atoms with Crippen molar-refractivity contribution in [1.82, 2.24) is 0 Å². The molecule has 0 heterocycles. The Hall–Kier alpha value is 0.397. The van der Waals surface area contributed by atoms with Gasteiger partial charge in [-0.05, 0) is 32.0 Å². The van der Waals surface area contributed by atoms with Crippen LogP contribution in [0.3, 0.4) is 0 Å². The van der Waals surface area contributed by atoms with Crippen molar-refractivity contribution in [2.45, 2.75) is 58.4 Å². The second kappa shape index (κ2) is 6.87. The molecule has 0 saturated heterocycles. The Morgan fingerprint density at radius 2 is 1.60 bits per heavy atom. The van der Waals surface area contributed by atoms with E-state index in [1.54, 1.807) is 0 Å². The Labute approximate surface area is 105 Å². The smallest absolute Gasteiger partial charge is 0.193 e. The molecular formula is C12H25BrOSi. The molecule has 1 nitrogen and oxygen atoms in total. The second-order valence-corrected chi connectivity index (χ2v) is 9.84. The Morgan fingerprint density at radius 1 is 1.13 bits per heavy atom. The fourth-order valence-corrected chi connectivity index (χ4v) is 5.19. The van der Waals surface area contributed by atoms with Crippen LogP contribution in [0.2, 0.25) is 18.1 Å². The molecule has 0 aromatic carbocycles. The maximum absolute atomic E-state index is 6.41. The van der Waals surface area contributed by atoms with Crippen molar-refractivity contribution in [2.75, 3.05) is 5.33 Å². The summed E-state index contributed by atoms with van der Waals surface area (Å²) in [5.41, 5.74) is -0.109. The minimum atomic E-state index is -1.47. The number of halogens is 1. The summed E-state index contributed by atoms with van der Waals surface area (Å²) in [6.07, 6.45) is 4.30. The molecule has 3 heteroatoms. The number of hydrogen-bond donors (Lipinski definition) is 0. The monoisotopic (exact) mass is 292 g/mol. The van der Waals surface area contributed by atoms with Crippen molar-refractivity contribution in [3.05, 3.63) is 12.2 Å². The third-order valence-electron chi connectivity index (χ3n) is 3.02. The molecule has 0 aliphatic heterocycles. The first kappa shape index (κ1) is 15.4. The second-order valence-electron chi connectivity index (χ2n) is 4.51. The molecule has 0 amide bonds. The van der Waals surface area contributed by atoms with Gasteiger partial charge in [0.2, 0.25) is 0 Å². The Morgan fingerprint density at radius 3 is 1.93 bits per heavy atom. The van der Waals surface area contributed by atoms with E-state index in [0.717, 1.165) is 5.33 Å². The van der Waals surface area contributed by atoms with Crippen LogP contribution in [0.4, 0.5) is 0 Å². The van der Waals surface area contributed by atoms with Crippen molar-refractivity contribution in [1.29, 1.82) is 0 Å². The molecule has 0 atom stereocenters. The van der Waals surface area contributed by atoms with E-state index in [1.165, 1.54) is 18.1 Å². The average Bonchev–Trinajstić information content (AvgIpc) is 2.23. The summed E-state index contributed by atoms with van der Waals surface area (Å²) in [6.45, 7) is 11.1. The van der Waals surface area contributed by atoms with Crippen LogP contribution < -0.4 is 0 Å². The first-order chi connectivity index (χ1) is 6.95. The lowest BCUT2D eigenvalue weighted by atomic mass is 10.1. The molecule has 0 N–H and O–H groups in total. The Balaban J connectivity index is 4.57. The van der Waals surface area contributed by atoms with Gasteiger partial charge in [-0.1, -0.05) is 48.9 Å². The number of hydrogen-bond acceptors (Lipinski definition) is 1. The molecule has 0 saturated carbocycles. The molecule has 90 valence electrons. The summed E-state index contributed by atoms with van der Waals surface area (Å²) < 4.78 is 6.41. The number of allylic oxidation sites excluding steroid dienone is 1. The van der Waals surface area contributed by atoms with Crippen LogP contribution in [0.5, 0.6) is 0 Å². The van der Waals surface area contributed by atoms with Gasteiger partial charge in [0.05, 0.1) is 5.60 Å². The lowest BCUT2D eigenvalue weighted by molar-refractivity contribution is 0.146. The van der Waals surface area contributed by atoms with E-state index in [4.69, 9.17) is 4.43 Å². The molecule has 0 unspecified atom stereocenters. The molecular weight excluding hydrogens is 268 g/mol. The highest BCUT2D eigenvalue weighted by Gasteiger charge is 2.34. The highest BCUT2D eigenvalue weighted by molar-refractivity contribution is 9.09. The summed E-state index contributed by atoms with van der Waals surface area (Å²) in [5, 5.41) is 0.902. The van der Waals surface area contributed by atoms with Crippen LogP contribution in [0.1, 0.15) is 34.6 Å². The molecule has 0 radical (unpaired) electrons. The molecule has 0 aromatic rings. The summed E-state index contributed by atoms with van der Waals surface area (Å²) in [5.74, 6) is 0. The molecule has 15 heavy (non-hydrogen) atoms. The van der Waals surface area contributed by atoms with Gasteiger partial charge in [-0.25, -0.2) is 0 Å². The third-order valence-corrected chi connectivity index (χ3v) is 8.22. The van der Waals surface area contributed by atoms with Gasteiger partial charge in [0, 0.05) is 5.33 Å². The van der Waals surface area contributed by atoms with Gasteiger partial charge in [-0.15, -0.1) is 0 Å². The van der Waals surface area contributed by atoms with E-state index in [2.05, 4.69) is 62.7 Å². The predicted octanol–water partition coefficient (Wildman–Crippen LogP) is 4.74. The fourth-order valence-electron chi connectivity index (χ4n) is 1.89. The van der Waals surface area contributed by atoms with Gasteiger partial charge >= 0.3 is 0 Å². The third kappa shape index (κ3) is 5.32. The zero-order chi connectivity index (χ0) is 11.9. The first-order valence-corrected chi connectivity index (χ1v) is 9.54. The summed E-state index contributed by atoms with van der Waals surface area (Å²) in [6, 6.07) is 3.64. The Bertz CT molecular complexity index is 190. The maximum Gasteiger partial charge on any atom is 0.193 e. The molecule has 0 fully saturated rings. The molecule has 0 aliphatic carbocycles. The lowest BCUT2D eigenvalue weighted by Gasteiger charge is -2.36. The molecule has 0 spiro atoms. The number of alkyl halides is 1. The van der Waals surface area contributed by atoms with Gasteiger partial charge in [0.25, 0.3) is 0 Å². The van der Waals surface area contributed by atoms with Crippen molar-refractivity contribution in [3.8, 4) is 0 Å². The van der Waals surface area contributed by atoms with Gasteiger partial charge < -0.3 is 4.43 Å². The van der Waals surface area contributed by atoms with E-state index in [1.807, 2.05) is 0 Å². The van der Waals surface area contributed by atoms with E-state index >= 15 is 0 Å². The molecule has 0 aromatic heterocycles. The van der Waals surface area contributed by atoms with Crippen LogP contribution in [0.15, 0.2) is 12.2 Å². The minimum Gasteiger partial charge on any atom is -0.409 e.